The molecule has 0 aromatic carbocycles. The van der Waals surface area contributed by atoms with E-state index in [1.807, 2.05) is 6.92 Å². The van der Waals surface area contributed by atoms with Crippen molar-refractivity contribution < 1.29 is 9.00 Å². The molecule has 1 rings (SSSR count). The first kappa shape index (κ1) is 13.3. The molecule has 1 atom stereocenters. The summed E-state index contributed by atoms with van der Waals surface area (Å²) in [6.07, 6.45) is 0. The van der Waals surface area contributed by atoms with Crippen molar-refractivity contribution >= 4 is 32.6 Å². The molecule has 0 fully saturated rings. The maximum Gasteiger partial charge on any atom is 0.269 e. The Morgan fingerprint density at radius 2 is 2.31 bits per heavy atom. The molecule has 0 saturated carbocycles. The molecule has 1 unspecified atom stereocenters. The predicted octanol–water partition coefficient (Wildman–Crippen LogP) is 1.34. The van der Waals surface area contributed by atoms with Crippen LogP contribution in [0.4, 0.5) is 0 Å². The third-order valence-corrected chi connectivity index (χ3v) is 3.63. The highest BCUT2D eigenvalue weighted by atomic mass is 79.9. The Hall–Kier alpha value is -0.750. The second-order valence-electron chi connectivity index (χ2n) is 3.03. The number of rotatable bonds is 5. The van der Waals surface area contributed by atoms with E-state index in [1.165, 1.54) is 0 Å². The molecular weight excluding hydrogens is 292 g/mol. The van der Waals surface area contributed by atoms with Crippen molar-refractivity contribution in [2.24, 2.45) is 0 Å². The predicted molar refractivity (Wildman–Crippen MR) is 67.8 cm³/mol. The molecule has 0 aliphatic rings. The first-order valence-corrected chi connectivity index (χ1v) is 7.17. The van der Waals surface area contributed by atoms with E-state index >= 15 is 0 Å². The minimum atomic E-state index is -0.849. The third-order valence-electron chi connectivity index (χ3n) is 1.89. The van der Waals surface area contributed by atoms with E-state index in [0.29, 0.717) is 28.3 Å². The van der Waals surface area contributed by atoms with Gasteiger partial charge in [-0.15, -0.1) is 0 Å². The first-order chi connectivity index (χ1) is 7.63. The standard InChI is InChI=1S/C10H13BrN2O2S/c1-2-16(15)7-6-12-10(14)8-4-3-5-9(11)13-8/h3-5H,2,6-7H2,1H3,(H,12,14). The van der Waals surface area contributed by atoms with Crippen molar-refractivity contribution in [3.63, 3.8) is 0 Å². The Morgan fingerprint density at radius 3 is 2.94 bits per heavy atom. The van der Waals surface area contributed by atoms with Crippen molar-refractivity contribution in [3.8, 4) is 0 Å². The molecule has 1 aromatic heterocycles. The van der Waals surface area contributed by atoms with Gasteiger partial charge in [0.25, 0.3) is 5.91 Å². The normalized spacial score (nSPS) is 12.1. The van der Waals surface area contributed by atoms with Gasteiger partial charge in [-0.05, 0) is 28.1 Å². The summed E-state index contributed by atoms with van der Waals surface area (Å²) in [5, 5.41) is 2.68. The van der Waals surface area contributed by atoms with Gasteiger partial charge in [-0.25, -0.2) is 4.98 Å². The summed E-state index contributed by atoms with van der Waals surface area (Å²) in [5.74, 6) is 0.857. The van der Waals surface area contributed by atoms with E-state index in [0.717, 1.165) is 0 Å². The minimum absolute atomic E-state index is 0.241. The minimum Gasteiger partial charge on any atom is -0.350 e. The van der Waals surface area contributed by atoms with Gasteiger partial charge in [0.05, 0.1) is 0 Å². The van der Waals surface area contributed by atoms with Gasteiger partial charge in [0.2, 0.25) is 0 Å². The third kappa shape index (κ3) is 4.40. The quantitative estimate of drug-likeness (QED) is 0.835. The second kappa shape index (κ2) is 6.75. The van der Waals surface area contributed by atoms with Crippen LogP contribution in [0.25, 0.3) is 0 Å². The fourth-order valence-electron chi connectivity index (χ4n) is 1.05. The SMILES string of the molecule is CCS(=O)CCNC(=O)c1cccc(Br)n1. The molecule has 4 nitrogen and oxygen atoms in total. The number of amides is 1. The summed E-state index contributed by atoms with van der Waals surface area (Å²) in [4.78, 5) is 15.6. The topological polar surface area (TPSA) is 59.1 Å². The molecule has 88 valence electrons. The maximum atomic E-state index is 11.6. The Balaban J connectivity index is 2.44. The van der Waals surface area contributed by atoms with E-state index in [-0.39, 0.29) is 5.91 Å². The van der Waals surface area contributed by atoms with E-state index < -0.39 is 10.8 Å². The van der Waals surface area contributed by atoms with Crippen molar-refractivity contribution in [1.29, 1.82) is 0 Å². The smallest absolute Gasteiger partial charge is 0.269 e. The van der Waals surface area contributed by atoms with Gasteiger partial charge < -0.3 is 5.32 Å². The van der Waals surface area contributed by atoms with Gasteiger partial charge in [0.15, 0.2) is 0 Å². The van der Waals surface area contributed by atoms with Crippen LogP contribution in [-0.4, -0.2) is 33.2 Å². The van der Waals surface area contributed by atoms with Gasteiger partial charge in [-0.3, -0.25) is 9.00 Å². The molecule has 1 heterocycles. The highest BCUT2D eigenvalue weighted by Gasteiger charge is 2.06. The average Bonchev–Trinajstić information content (AvgIpc) is 2.28. The number of carbonyl (C=O) groups excluding carboxylic acids is 1. The van der Waals surface area contributed by atoms with Crippen molar-refractivity contribution in [1.82, 2.24) is 10.3 Å². The summed E-state index contributed by atoms with van der Waals surface area (Å²) >= 11 is 3.19. The van der Waals surface area contributed by atoms with Crippen LogP contribution >= 0.6 is 15.9 Å². The van der Waals surface area contributed by atoms with Crippen LogP contribution in [0.3, 0.4) is 0 Å². The number of hydrogen-bond donors (Lipinski definition) is 1. The van der Waals surface area contributed by atoms with Gasteiger partial charge in [0.1, 0.15) is 10.3 Å². The summed E-state index contributed by atoms with van der Waals surface area (Å²) in [6.45, 7) is 2.27. The molecule has 1 N–H and O–H groups in total. The Bertz CT molecular complexity index is 398. The van der Waals surface area contributed by atoms with Crippen molar-refractivity contribution in [3.05, 3.63) is 28.5 Å². The molecule has 16 heavy (non-hydrogen) atoms. The molecule has 0 aliphatic heterocycles. The Morgan fingerprint density at radius 1 is 1.56 bits per heavy atom. The van der Waals surface area contributed by atoms with Crippen LogP contribution in [0.15, 0.2) is 22.8 Å². The van der Waals surface area contributed by atoms with Crippen molar-refractivity contribution in [2.75, 3.05) is 18.1 Å². The number of carbonyl (C=O) groups is 1. The molecule has 1 aromatic rings. The van der Waals surface area contributed by atoms with Gasteiger partial charge in [-0.1, -0.05) is 13.0 Å². The monoisotopic (exact) mass is 304 g/mol. The van der Waals surface area contributed by atoms with Crippen LogP contribution in [0.5, 0.6) is 0 Å². The zero-order valence-electron chi connectivity index (χ0n) is 8.90. The van der Waals surface area contributed by atoms with Gasteiger partial charge in [-0.2, -0.15) is 0 Å². The van der Waals surface area contributed by atoms with Crippen LogP contribution < -0.4 is 5.32 Å². The molecule has 0 aliphatic carbocycles. The summed E-state index contributed by atoms with van der Waals surface area (Å²) in [5.41, 5.74) is 0.358. The van der Waals surface area contributed by atoms with Gasteiger partial charge >= 0.3 is 0 Å². The number of hydrogen-bond acceptors (Lipinski definition) is 3. The molecule has 0 bridgehead atoms. The number of nitrogens with one attached hydrogen (secondary N) is 1. The van der Waals surface area contributed by atoms with Crippen LogP contribution in [-0.2, 0) is 10.8 Å². The lowest BCUT2D eigenvalue weighted by atomic mass is 10.3. The zero-order valence-corrected chi connectivity index (χ0v) is 11.3. The van der Waals surface area contributed by atoms with E-state index in [1.54, 1.807) is 18.2 Å². The number of pyridine rings is 1. The maximum absolute atomic E-state index is 11.6. The fraction of sp³-hybridized carbons (Fsp3) is 0.400. The number of nitrogens with zero attached hydrogens (tertiary/aromatic N) is 1. The molecule has 0 radical (unpaired) electrons. The van der Waals surface area contributed by atoms with Crippen molar-refractivity contribution in [2.45, 2.75) is 6.92 Å². The average molecular weight is 305 g/mol. The lowest BCUT2D eigenvalue weighted by Gasteiger charge is -2.04. The lowest BCUT2D eigenvalue weighted by Crippen LogP contribution is -2.28. The summed E-state index contributed by atoms with van der Waals surface area (Å²) < 4.78 is 11.7. The highest BCUT2D eigenvalue weighted by Crippen LogP contribution is 2.05. The molecular formula is C10H13BrN2O2S. The molecule has 0 saturated heterocycles. The van der Waals surface area contributed by atoms with E-state index in [2.05, 4.69) is 26.2 Å². The largest absolute Gasteiger partial charge is 0.350 e. The summed E-state index contributed by atoms with van der Waals surface area (Å²) in [7, 11) is -0.849. The van der Waals surface area contributed by atoms with Crippen LogP contribution in [0.1, 0.15) is 17.4 Å². The van der Waals surface area contributed by atoms with E-state index in [4.69, 9.17) is 0 Å². The second-order valence-corrected chi connectivity index (χ2v) is 5.71. The molecule has 0 spiro atoms. The highest BCUT2D eigenvalue weighted by molar-refractivity contribution is 9.10. The Kier molecular flexibility index (Phi) is 5.62. The summed E-state index contributed by atoms with van der Waals surface area (Å²) in [6, 6.07) is 5.13. The number of halogens is 1. The van der Waals surface area contributed by atoms with Crippen LogP contribution in [0, 0.1) is 0 Å². The van der Waals surface area contributed by atoms with Gasteiger partial charge in [0, 0.05) is 28.9 Å². The first-order valence-electron chi connectivity index (χ1n) is 4.89. The zero-order chi connectivity index (χ0) is 12.0. The Labute approximate surface area is 105 Å². The molecule has 6 heteroatoms. The lowest BCUT2D eigenvalue weighted by molar-refractivity contribution is 0.0951. The number of aromatic nitrogens is 1. The van der Waals surface area contributed by atoms with Crippen LogP contribution in [0.2, 0.25) is 0 Å². The van der Waals surface area contributed by atoms with E-state index in [9.17, 15) is 9.00 Å². The molecule has 1 amide bonds. The fourth-order valence-corrected chi connectivity index (χ4v) is 2.01.